The van der Waals surface area contributed by atoms with Crippen LogP contribution in [0.2, 0.25) is 5.02 Å². The highest BCUT2D eigenvalue weighted by molar-refractivity contribution is 6.31. The molecular formula is C17H28ClN3O. The summed E-state index contributed by atoms with van der Waals surface area (Å²) in [6.45, 7) is 7.92. The number of benzene rings is 1. The summed E-state index contributed by atoms with van der Waals surface area (Å²) < 4.78 is 0. The summed E-state index contributed by atoms with van der Waals surface area (Å²) in [7, 11) is 0. The third-order valence-electron chi connectivity index (χ3n) is 3.84. The van der Waals surface area contributed by atoms with Crippen LogP contribution in [0.1, 0.15) is 39.2 Å². The second-order valence-corrected chi connectivity index (χ2v) is 5.80. The molecular weight excluding hydrogens is 298 g/mol. The van der Waals surface area contributed by atoms with Gasteiger partial charge in [-0.1, -0.05) is 43.6 Å². The van der Waals surface area contributed by atoms with Crippen molar-refractivity contribution in [2.45, 2.75) is 45.6 Å². The quantitative estimate of drug-likeness (QED) is 0.509. The fraction of sp³-hybridized carbons (Fsp3) is 0.588. The molecule has 0 atom stereocenters. The first-order valence-corrected chi connectivity index (χ1v) is 8.40. The summed E-state index contributed by atoms with van der Waals surface area (Å²) in [6.07, 6.45) is 2.23. The molecule has 0 unspecified atom stereocenters. The first kappa shape index (κ1) is 18.8. The van der Waals surface area contributed by atoms with E-state index in [4.69, 9.17) is 11.6 Å². The van der Waals surface area contributed by atoms with Crippen molar-refractivity contribution >= 4 is 17.6 Å². The van der Waals surface area contributed by atoms with Gasteiger partial charge in [0.05, 0.1) is 12.1 Å². The number of nitrogens with zero attached hydrogens (tertiary/aromatic N) is 1. The minimum absolute atomic E-state index is 0.404. The van der Waals surface area contributed by atoms with Gasteiger partial charge in [-0.25, -0.2) is 0 Å². The van der Waals surface area contributed by atoms with Crippen LogP contribution in [-0.4, -0.2) is 36.3 Å². The smallest absolute Gasteiger partial charge is 0.191 e. The summed E-state index contributed by atoms with van der Waals surface area (Å²) in [5.74, 6) is 0.731. The maximum absolute atomic E-state index is 10.3. The Morgan fingerprint density at radius 2 is 1.86 bits per heavy atom. The molecule has 0 radical (unpaired) electrons. The zero-order valence-corrected chi connectivity index (χ0v) is 14.6. The van der Waals surface area contributed by atoms with Crippen LogP contribution >= 0.6 is 11.6 Å². The molecule has 0 saturated heterocycles. The van der Waals surface area contributed by atoms with Crippen LogP contribution in [0.15, 0.2) is 29.3 Å². The highest BCUT2D eigenvalue weighted by atomic mass is 35.5. The van der Waals surface area contributed by atoms with Crippen LogP contribution in [0.3, 0.4) is 0 Å². The Balaban J connectivity index is 2.55. The molecule has 0 heterocycles. The van der Waals surface area contributed by atoms with Crippen LogP contribution in [0.4, 0.5) is 0 Å². The average molecular weight is 326 g/mol. The lowest BCUT2D eigenvalue weighted by Crippen LogP contribution is -2.40. The molecule has 0 aliphatic carbocycles. The summed E-state index contributed by atoms with van der Waals surface area (Å²) in [4.78, 5) is 4.49. The van der Waals surface area contributed by atoms with Crippen LogP contribution in [0.25, 0.3) is 0 Å². The van der Waals surface area contributed by atoms with E-state index in [0.717, 1.165) is 36.1 Å². The summed E-state index contributed by atoms with van der Waals surface area (Å²) in [5.41, 5.74) is 0.400. The predicted octanol–water partition coefficient (Wildman–Crippen LogP) is 2.99. The molecule has 0 aromatic heterocycles. The minimum atomic E-state index is -0.717. The number of hydrogen-bond acceptors (Lipinski definition) is 2. The maximum Gasteiger partial charge on any atom is 0.191 e. The SMILES string of the molecule is CCNC(=NCC(O)(CC)CC)NCCc1ccccc1Cl. The Bertz CT molecular complexity index is 473. The zero-order valence-electron chi connectivity index (χ0n) is 13.8. The van der Waals surface area contributed by atoms with Gasteiger partial charge < -0.3 is 15.7 Å². The van der Waals surface area contributed by atoms with Crippen molar-refractivity contribution in [3.63, 3.8) is 0 Å². The highest BCUT2D eigenvalue weighted by Gasteiger charge is 2.21. The molecule has 3 N–H and O–H groups in total. The first-order valence-electron chi connectivity index (χ1n) is 8.02. The number of hydrogen-bond donors (Lipinski definition) is 3. The number of nitrogens with one attached hydrogen (secondary N) is 2. The van der Waals surface area contributed by atoms with Gasteiger partial charge in [0.2, 0.25) is 0 Å². The Morgan fingerprint density at radius 3 is 2.45 bits per heavy atom. The third-order valence-corrected chi connectivity index (χ3v) is 4.21. The van der Waals surface area contributed by atoms with E-state index in [2.05, 4.69) is 15.6 Å². The standard InChI is InChI=1S/C17H28ClN3O/c1-4-17(22,5-2)13-21-16(19-6-3)20-12-11-14-9-7-8-10-15(14)18/h7-10,22H,4-6,11-13H2,1-3H3,(H2,19,20,21). The number of halogens is 1. The van der Waals surface area contributed by atoms with Crippen molar-refractivity contribution in [2.24, 2.45) is 4.99 Å². The topological polar surface area (TPSA) is 56.7 Å². The van der Waals surface area contributed by atoms with Gasteiger partial charge in [-0.2, -0.15) is 0 Å². The fourth-order valence-corrected chi connectivity index (χ4v) is 2.29. The maximum atomic E-state index is 10.3. The lowest BCUT2D eigenvalue weighted by molar-refractivity contribution is 0.0418. The monoisotopic (exact) mass is 325 g/mol. The van der Waals surface area contributed by atoms with Gasteiger partial charge in [0, 0.05) is 18.1 Å². The van der Waals surface area contributed by atoms with E-state index >= 15 is 0 Å². The molecule has 0 fully saturated rings. The summed E-state index contributed by atoms with van der Waals surface area (Å²) in [5, 5.41) is 17.6. The Morgan fingerprint density at radius 1 is 1.18 bits per heavy atom. The van der Waals surface area contributed by atoms with Gasteiger partial charge in [0.25, 0.3) is 0 Å². The second kappa shape index (κ2) is 9.70. The van der Waals surface area contributed by atoms with Crippen LogP contribution in [0, 0.1) is 0 Å². The van der Waals surface area contributed by atoms with Gasteiger partial charge in [-0.3, -0.25) is 4.99 Å². The number of aliphatic hydroxyl groups is 1. The van der Waals surface area contributed by atoms with E-state index in [1.807, 2.05) is 45.0 Å². The molecule has 0 aliphatic rings. The molecule has 124 valence electrons. The van der Waals surface area contributed by atoms with Crippen LogP contribution < -0.4 is 10.6 Å². The van der Waals surface area contributed by atoms with Gasteiger partial charge in [-0.05, 0) is 37.8 Å². The molecule has 1 aromatic rings. The normalized spacial score (nSPS) is 12.3. The van der Waals surface area contributed by atoms with Crippen LogP contribution in [-0.2, 0) is 6.42 Å². The first-order chi connectivity index (χ1) is 10.5. The zero-order chi connectivity index (χ0) is 16.4. The average Bonchev–Trinajstić information content (AvgIpc) is 2.54. The summed E-state index contributed by atoms with van der Waals surface area (Å²) >= 11 is 6.15. The molecule has 0 saturated carbocycles. The predicted molar refractivity (Wildman–Crippen MR) is 94.7 cm³/mol. The van der Waals surface area contributed by atoms with Gasteiger partial charge in [0.1, 0.15) is 0 Å². The van der Waals surface area contributed by atoms with Crippen molar-refractivity contribution in [1.29, 1.82) is 0 Å². The minimum Gasteiger partial charge on any atom is -0.388 e. The van der Waals surface area contributed by atoms with Crippen molar-refractivity contribution in [3.8, 4) is 0 Å². The van der Waals surface area contributed by atoms with E-state index in [1.54, 1.807) is 0 Å². The lowest BCUT2D eigenvalue weighted by Gasteiger charge is -2.23. The van der Waals surface area contributed by atoms with Crippen molar-refractivity contribution < 1.29 is 5.11 Å². The van der Waals surface area contributed by atoms with E-state index < -0.39 is 5.60 Å². The molecule has 1 aromatic carbocycles. The molecule has 1 rings (SSSR count). The Hall–Kier alpha value is -1.26. The van der Waals surface area contributed by atoms with Crippen molar-refractivity contribution in [2.75, 3.05) is 19.6 Å². The Labute approximate surface area is 139 Å². The van der Waals surface area contributed by atoms with Gasteiger partial charge in [-0.15, -0.1) is 0 Å². The van der Waals surface area contributed by atoms with E-state index in [-0.39, 0.29) is 0 Å². The van der Waals surface area contributed by atoms with Gasteiger partial charge in [0.15, 0.2) is 5.96 Å². The van der Waals surface area contributed by atoms with Gasteiger partial charge >= 0.3 is 0 Å². The number of aliphatic imine (C=N–C) groups is 1. The molecule has 0 aliphatic heterocycles. The highest BCUT2D eigenvalue weighted by Crippen LogP contribution is 2.15. The molecule has 0 amide bonds. The molecule has 0 bridgehead atoms. The molecule has 0 spiro atoms. The third kappa shape index (κ3) is 6.24. The largest absolute Gasteiger partial charge is 0.388 e. The number of guanidine groups is 1. The van der Waals surface area contributed by atoms with E-state index in [1.165, 1.54) is 0 Å². The molecule has 22 heavy (non-hydrogen) atoms. The number of rotatable bonds is 8. The molecule has 5 heteroatoms. The summed E-state index contributed by atoms with van der Waals surface area (Å²) in [6, 6.07) is 7.85. The fourth-order valence-electron chi connectivity index (χ4n) is 2.06. The van der Waals surface area contributed by atoms with Crippen LogP contribution in [0.5, 0.6) is 0 Å². The lowest BCUT2D eigenvalue weighted by atomic mass is 9.98. The molecule has 4 nitrogen and oxygen atoms in total. The Kier molecular flexibility index (Phi) is 8.28. The van der Waals surface area contributed by atoms with Crippen molar-refractivity contribution in [3.05, 3.63) is 34.9 Å². The second-order valence-electron chi connectivity index (χ2n) is 5.39. The van der Waals surface area contributed by atoms with Crippen molar-refractivity contribution in [1.82, 2.24) is 10.6 Å². The van der Waals surface area contributed by atoms with E-state index in [0.29, 0.717) is 19.4 Å². The van der Waals surface area contributed by atoms with E-state index in [9.17, 15) is 5.11 Å².